The normalized spacial score (nSPS) is 15.4. The highest BCUT2D eigenvalue weighted by Gasteiger charge is 2.31. The quantitative estimate of drug-likeness (QED) is 0.572. The lowest BCUT2D eigenvalue weighted by Crippen LogP contribution is -2.31. The molecule has 1 aliphatic carbocycles. The molecular weight excluding hydrogens is 222 g/mol. The first-order valence-corrected chi connectivity index (χ1v) is 6.45. The van der Waals surface area contributed by atoms with Crippen LogP contribution in [0.15, 0.2) is 54.6 Å². The molecule has 0 bridgehead atoms. The molecule has 1 aromatic rings. The SMILES string of the molecule is C/C=C/C=C/C(=O)N(Cc1ccccc1)C1CC1. The molecule has 0 aromatic heterocycles. The second kappa shape index (κ2) is 6.20. The van der Waals surface area contributed by atoms with Crippen molar-refractivity contribution in [2.45, 2.75) is 32.4 Å². The van der Waals surface area contributed by atoms with Gasteiger partial charge in [0.25, 0.3) is 0 Å². The molecule has 0 N–H and O–H groups in total. The molecule has 1 amide bonds. The Labute approximate surface area is 109 Å². The van der Waals surface area contributed by atoms with E-state index in [2.05, 4.69) is 12.1 Å². The van der Waals surface area contributed by atoms with Crippen molar-refractivity contribution in [1.82, 2.24) is 4.90 Å². The van der Waals surface area contributed by atoms with E-state index in [9.17, 15) is 4.79 Å². The molecule has 2 nitrogen and oxygen atoms in total. The van der Waals surface area contributed by atoms with Crippen LogP contribution in [-0.2, 0) is 11.3 Å². The number of hydrogen-bond donors (Lipinski definition) is 0. The van der Waals surface area contributed by atoms with E-state index in [-0.39, 0.29) is 5.91 Å². The molecule has 1 aromatic carbocycles. The molecule has 0 unspecified atom stereocenters. The highest BCUT2D eigenvalue weighted by atomic mass is 16.2. The molecule has 2 rings (SSSR count). The van der Waals surface area contributed by atoms with Gasteiger partial charge in [0, 0.05) is 18.7 Å². The lowest BCUT2D eigenvalue weighted by atomic mass is 10.2. The fourth-order valence-electron chi connectivity index (χ4n) is 1.90. The van der Waals surface area contributed by atoms with Crippen molar-refractivity contribution in [3.8, 4) is 0 Å². The van der Waals surface area contributed by atoms with E-state index in [4.69, 9.17) is 0 Å². The smallest absolute Gasteiger partial charge is 0.247 e. The summed E-state index contributed by atoms with van der Waals surface area (Å²) in [5, 5.41) is 0. The highest BCUT2D eigenvalue weighted by molar-refractivity contribution is 5.88. The maximum Gasteiger partial charge on any atom is 0.247 e. The molecule has 0 spiro atoms. The fraction of sp³-hybridized carbons (Fsp3) is 0.312. The Morgan fingerprint density at radius 1 is 1.28 bits per heavy atom. The molecule has 0 radical (unpaired) electrons. The second-order valence-electron chi connectivity index (χ2n) is 4.57. The Hall–Kier alpha value is -1.83. The Morgan fingerprint density at radius 3 is 2.61 bits per heavy atom. The van der Waals surface area contributed by atoms with Crippen LogP contribution in [0.4, 0.5) is 0 Å². The van der Waals surface area contributed by atoms with Crippen molar-refractivity contribution < 1.29 is 4.79 Å². The van der Waals surface area contributed by atoms with Crippen LogP contribution in [0.2, 0.25) is 0 Å². The van der Waals surface area contributed by atoms with Crippen LogP contribution in [0.1, 0.15) is 25.3 Å². The lowest BCUT2D eigenvalue weighted by molar-refractivity contribution is -0.127. The molecule has 2 heteroatoms. The van der Waals surface area contributed by atoms with Crippen molar-refractivity contribution in [3.63, 3.8) is 0 Å². The summed E-state index contributed by atoms with van der Waals surface area (Å²) in [7, 11) is 0. The van der Waals surface area contributed by atoms with E-state index >= 15 is 0 Å². The fourth-order valence-corrected chi connectivity index (χ4v) is 1.90. The molecule has 0 atom stereocenters. The molecule has 1 aliphatic rings. The van der Waals surface area contributed by atoms with Gasteiger partial charge in [-0.05, 0) is 25.3 Å². The topological polar surface area (TPSA) is 20.3 Å². The minimum Gasteiger partial charge on any atom is -0.332 e. The standard InChI is InChI=1S/C16H19NO/c1-2-3-5-10-16(18)17(15-11-12-15)13-14-8-6-4-7-9-14/h2-10,15H,11-13H2,1H3/b3-2+,10-5+. The molecular formula is C16H19NO. The van der Waals surface area contributed by atoms with E-state index in [0.717, 1.165) is 12.8 Å². The zero-order valence-electron chi connectivity index (χ0n) is 10.8. The molecule has 0 heterocycles. The van der Waals surface area contributed by atoms with Gasteiger partial charge in [-0.25, -0.2) is 0 Å². The van der Waals surface area contributed by atoms with Gasteiger partial charge in [0.15, 0.2) is 0 Å². The van der Waals surface area contributed by atoms with Crippen LogP contribution in [0.3, 0.4) is 0 Å². The van der Waals surface area contributed by atoms with E-state index in [0.29, 0.717) is 12.6 Å². The van der Waals surface area contributed by atoms with Crippen LogP contribution < -0.4 is 0 Å². The summed E-state index contributed by atoms with van der Waals surface area (Å²) in [5.74, 6) is 0.111. The van der Waals surface area contributed by atoms with Gasteiger partial charge >= 0.3 is 0 Å². The minimum atomic E-state index is 0.111. The maximum atomic E-state index is 12.1. The Bertz CT molecular complexity index is 443. The van der Waals surface area contributed by atoms with Crippen molar-refractivity contribution in [1.29, 1.82) is 0 Å². The first-order chi connectivity index (χ1) is 8.81. The Balaban J connectivity index is 2.02. The average molecular weight is 241 g/mol. The van der Waals surface area contributed by atoms with E-state index in [1.54, 1.807) is 6.08 Å². The second-order valence-corrected chi connectivity index (χ2v) is 4.57. The summed E-state index contributed by atoms with van der Waals surface area (Å²) >= 11 is 0. The van der Waals surface area contributed by atoms with Gasteiger partial charge in [-0.1, -0.05) is 48.6 Å². The van der Waals surface area contributed by atoms with Gasteiger partial charge in [-0.2, -0.15) is 0 Å². The molecule has 94 valence electrons. The first-order valence-electron chi connectivity index (χ1n) is 6.45. The summed E-state index contributed by atoms with van der Waals surface area (Å²) in [6, 6.07) is 10.6. The molecule has 1 fully saturated rings. The number of hydrogen-bond acceptors (Lipinski definition) is 1. The van der Waals surface area contributed by atoms with Gasteiger partial charge in [0.2, 0.25) is 5.91 Å². The molecule has 1 saturated carbocycles. The molecule has 18 heavy (non-hydrogen) atoms. The largest absolute Gasteiger partial charge is 0.332 e. The minimum absolute atomic E-state index is 0.111. The van der Waals surface area contributed by atoms with Crippen LogP contribution >= 0.6 is 0 Å². The third-order valence-corrected chi connectivity index (χ3v) is 3.01. The third kappa shape index (κ3) is 3.59. The zero-order valence-corrected chi connectivity index (χ0v) is 10.8. The summed E-state index contributed by atoms with van der Waals surface area (Å²) < 4.78 is 0. The predicted octanol–water partition coefficient (Wildman–Crippen LogP) is 3.31. The van der Waals surface area contributed by atoms with Crippen LogP contribution in [0, 0.1) is 0 Å². The number of nitrogens with zero attached hydrogens (tertiary/aromatic N) is 1. The Morgan fingerprint density at radius 2 is 2.00 bits per heavy atom. The summed E-state index contributed by atoms with van der Waals surface area (Å²) in [6.45, 7) is 2.65. The number of carbonyl (C=O) groups is 1. The summed E-state index contributed by atoms with van der Waals surface area (Å²) in [5.41, 5.74) is 1.19. The van der Waals surface area contributed by atoms with Crippen molar-refractivity contribution in [3.05, 3.63) is 60.2 Å². The number of amides is 1. The van der Waals surface area contributed by atoms with Gasteiger partial charge < -0.3 is 4.90 Å². The van der Waals surface area contributed by atoms with Crippen molar-refractivity contribution in [2.75, 3.05) is 0 Å². The average Bonchev–Trinajstić information content (AvgIpc) is 3.21. The van der Waals surface area contributed by atoms with E-state index in [1.807, 2.05) is 48.3 Å². The predicted molar refractivity (Wildman–Crippen MR) is 74.0 cm³/mol. The van der Waals surface area contributed by atoms with Crippen molar-refractivity contribution in [2.24, 2.45) is 0 Å². The Kier molecular flexibility index (Phi) is 4.35. The third-order valence-electron chi connectivity index (χ3n) is 3.01. The van der Waals surface area contributed by atoms with Gasteiger partial charge in [0.05, 0.1) is 0 Å². The van der Waals surface area contributed by atoms with Gasteiger partial charge in [-0.15, -0.1) is 0 Å². The number of rotatable bonds is 5. The van der Waals surface area contributed by atoms with Crippen LogP contribution in [0.5, 0.6) is 0 Å². The summed E-state index contributed by atoms with van der Waals surface area (Å²) in [4.78, 5) is 14.1. The lowest BCUT2D eigenvalue weighted by Gasteiger charge is -2.20. The number of allylic oxidation sites excluding steroid dienone is 3. The number of carbonyl (C=O) groups excluding carboxylic acids is 1. The van der Waals surface area contributed by atoms with Gasteiger partial charge in [0.1, 0.15) is 0 Å². The van der Waals surface area contributed by atoms with E-state index in [1.165, 1.54) is 5.56 Å². The molecule has 0 aliphatic heterocycles. The zero-order chi connectivity index (χ0) is 12.8. The van der Waals surface area contributed by atoms with Gasteiger partial charge in [-0.3, -0.25) is 4.79 Å². The van der Waals surface area contributed by atoms with Crippen LogP contribution in [0.25, 0.3) is 0 Å². The highest BCUT2D eigenvalue weighted by Crippen LogP contribution is 2.28. The number of benzene rings is 1. The van der Waals surface area contributed by atoms with E-state index < -0.39 is 0 Å². The summed E-state index contributed by atoms with van der Waals surface area (Å²) in [6.07, 6.45) is 9.53. The monoisotopic (exact) mass is 241 g/mol. The molecule has 0 saturated heterocycles. The first kappa shape index (κ1) is 12.6. The van der Waals surface area contributed by atoms with Crippen LogP contribution in [-0.4, -0.2) is 16.8 Å². The maximum absolute atomic E-state index is 12.1. The van der Waals surface area contributed by atoms with Crippen molar-refractivity contribution >= 4 is 5.91 Å².